The van der Waals surface area contributed by atoms with Crippen molar-refractivity contribution in [3.8, 4) is 0 Å². The van der Waals surface area contributed by atoms with Gasteiger partial charge in [0.1, 0.15) is 0 Å². The van der Waals surface area contributed by atoms with Crippen LogP contribution in [-0.4, -0.2) is 25.5 Å². The van der Waals surface area contributed by atoms with Crippen LogP contribution in [0.2, 0.25) is 0 Å². The normalized spacial score (nSPS) is 14.5. The third kappa shape index (κ3) is 1.69. The number of oxime groups is 1. The third-order valence-electron chi connectivity index (χ3n) is 2.97. The molecule has 0 saturated carbocycles. The maximum atomic E-state index is 8.59. The molecule has 0 aliphatic heterocycles. The van der Waals surface area contributed by atoms with Crippen LogP contribution >= 0.6 is 0 Å². The van der Waals surface area contributed by atoms with Crippen molar-refractivity contribution in [1.29, 1.82) is 0 Å². The first-order valence-electron chi connectivity index (χ1n) is 5.23. The third-order valence-corrected chi connectivity index (χ3v) is 2.97. The highest BCUT2D eigenvalue weighted by atomic mass is 16.4. The van der Waals surface area contributed by atoms with Gasteiger partial charge in [-0.05, 0) is 42.0 Å². The van der Waals surface area contributed by atoms with Crippen molar-refractivity contribution < 1.29 is 5.21 Å². The van der Waals surface area contributed by atoms with Crippen molar-refractivity contribution in [2.45, 2.75) is 19.3 Å². The number of rotatable bonds is 2. The molecule has 1 aromatic rings. The molecule has 0 heterocycles. The van der Waals surface area contributed by atoms with Gasteiger partial charge in [0.2, 0.25) is 0 Å². The molecule has 2 rings (SSSR count). The molecule has 0 bridgehead atoms. The van der Waals surface area contributed by atoms with E-state index in [1.807, 2.05) is 6.07 Å². The Labute approximate surface area is 90.0 Å². The summed E-state index contributed by atoms with van der Waals surface area (Å²) < 4.78 is 0. The van der Waals surface area contributed by atoms with Gasteiger partial charge in [0.25, 0.3) is 0 Å². The molecule has 0 atom stereocenters. The molecule has 1 aliphatic rings. The number of fused-ring (bicyclic) bond motifs is 1. The van der Waals surface area contributed by atoms with Crippen LogP contribution < -0.4 is 4.90 Å². The largest absolute Gasteiger partial charge is 0.411 e. The second-order valence-corrected chi connectivity index (χ2v) is 4.12. The summed E-state index contributed by atoms with van der Waals surface area (Å²) in [5.74, 6) is 0. The molecule has 1 aliphatic carbocycles. The van der Waals surface area contributed by atoms with E-state index >= 15 is 0 Å². The molecule has 0 radical (unpaired) electrons. The van der Waals surface area contributed by atoms with Gasteiger partial charge in [-0.1, -0.05) is 11.2 Å². The quantitative estimate of drug-likeness (QED) is 0.454. The second-order valence-electron chi connectivity index (χ2n) is 4.12. The average molecular weight is 204 g/mol. The van der Waals surface area contributed by atoms with Crippen molar-refractivity contribution in [2.75, 3.05) is 19.0 Å². The fraction of sp³-hybridized carbons (Fsp3) is 0.417. The Morgan fingerprint density at radius 1 is 1.27 bits per heavy atom. The average Bonchev–Trinajstić information content (AvgIpc) is 2.66. The van der Waals surface area contributed by atoms with E-state index < -0.39 is 0 Å². The molecule has 0 fully saturated rings. The molecule has 15 heavy (non-hydrogen) atoms. The predicted molar refractivity (Wildman–Crippen MR) is 62.2 cm³/mol. The van der Waals surface area contributed by atoms with Gasteiger partial charge >= 0.3 is 0 Å². The van der Waals surface area contributed by atoms with Crippen LogP contribution in [0.5, 0.6) is 0 Å². The molecule has 80 valence electrons. The molecule has 1 N–H and O–H groups in total. The van der Waals surface area contributed by atoms with E-state index in [0.29, 0.717) is 0 Å². The maximum absolute atomic E-state index is 8.59. The molecule has 3 nitrogen and oxygen atoms in total. The molecule has 0 aromatic heterocycles. The highest BCUT2D eigenvalue weighted by molar-refractivity contribution is 5.84. The molecule has 0 amide bonds. The van der Waals surface area contributed by atoms with E-state index in [1.54, 1.807) is 0 Å². The minimum absolute atomic E-state index is 1.05. The van der Waals surface area contributed by atoms with Crippen LogP contribution in [0, 0.1) is 0 Å². The second kappa shape index (κ2) is 3.93. The minimum Gasteiger partial charge on any atom is -0.411 e. The highest BCUT2D eigenvalue weighted by Crippen LogP contribution is 2.32. The van der Waals surface area contributed by atoms with E-state index in [9.17, 15) is 0 Å². The predicted octanol–water partition coefficient (Wildman–Crippen LogP) is 2.05. The van der Waals surface area contributed by atoms with Crippen LogP contribution in [0.15, 0.2) is 17.3 Å². The van der Waals surface area contributed by atoms with Crippen molar-refractivity contribution in [2.24, 2.45) is 5.16 Å². The van der Waals surface area contributed by atoms with Gasteiger partial charge in [-0.2, -0.15) is 0 Å². The lowest BCUT2D eigenvalue weighted by Crippen LogP contribution is -2.11. The van der Waals surface area contributed by atoms with Crippen molar-refractivity contribution in [1.82, 2.24) is 0 Å². The standard InChI is InChI=1S/C12H16N2O/c1-14(2)12-7-6-9(8-13-15)10-4-3-5-11(10)12/h6-8,15H,3-5H2,1-2H3/b13-8-. The number of benzene rings is 1. The van der Waals surface area contributed by atoms with Gasteiger partial charge in [0, 0.05) is 19.8 Å². The molecular formula is C12H16N2O. The zero-order chi connectivity index (χ0) is 10.8. The Hall–Kier alpha value is -1.51. The lowest BCUT2D eigenvalue weighted by Gasteiger charge is -2.18. The molecule has 0 saturated heterocycles. The molecular weight excluding hydrogens is 188 g/mol. The Bertz CT molecular complexity index is 397. The molecule has 3 heteroatoms. The van der Waals surface area contributed by atoms with Gasteiger partial charge in [0.15, 0.2) is 0 Å². The number of hydrogen-bond acceptors (Lipinski definition) is 3. The Morgan fingerprint density at radius 3 is 2.67 bits per heavy atom. The highest BCUT2D eigenvalue weighted by Gasteiger charge is 2.18. The first-order valence-corrected chi connectivity index (χ1v) is 5.23. The van der Waals surface area contributed by atoms with E-state index in [2.05, 4.69) is 30.2 Å². The van der Waals surface area contributed by atoms with Crippen LogP contribution in [0.1, 0.15) is 23.1 Å². The fourth-order valence-electron chi connectivity index (χ4n) is 2.32. The summed E-state index contributed by atoms with van der Waals surface area (Å²) in [4.78, 5) is 2.14. The number of anilines is 1. The monoisotopic (exact) mass is 204 g/mol. The molecule has 1 aromatic carbocycles. The summed E-state index contributed by atoms with van der Waals surface area (Å²) in [6, 6.07) is 4.13. The first kappa shape index (κ1) is 10.0. The lowest BCUT2D eigenvalue weighted by molar-refractivity contribution is 0.322. The zero-order valence-electron chi connectivity index (χ0n) is 9.20. The van der Waals surface area contributed by atoms with Crippen LogP contribution in [-0.2, 0) is 12.8 Å². The fourth-order valence-corrected chi connectivity index (χ4v) is 2.32. The van der Waals surface area contributed by atoms with E-state index in [4.69, 9.17) is 5.21 Å². The first-order chi connectivity index (χ1) is 7.24. The number of nitrogens with zero attached hydrogens (tertiary/aromatic N) is 2. The van der Waals surface area contributed by atoms with Crippen molar-refractivity contribution >= 4 is 11.9 Å². The van der Waals surface area contributed by atoms with Gasteiger partial charge in [0.05, 0.1) is 6.21 Å². The Balaban J connectivity index is 2.53. The number of hydrogen-bond donors (Lipinski definition) is 1. The van der Waals surface area contributed by atoms with Crippen molar-refractivity contribution in [3.63, 3.8) is 0 Å². The summed E-state index contributed by atoms with van der Waals surface area (Å²) in [7, 11) is 4.13. The topological polar surface area (TPSA) is 35.8 Å². The van der Waals surface area contributed by atoms with E-state index in [-0.39, 0.29) is 0 Å². The Kier molecular flexibility index (Phi) is 2.62. The van der Waals surface area contributed by atoms with E-state index in [0.717, 1.165) is 18.4 Å². The van der Waals surface area contributed by atoms with Gasteiger partial charge in [-0.3, -0.25) is 0 Å². The summed E-state index contributed by atoms with van der Waals surface area (Å²) >= 11 is 0. The summed E-state index contributed by atoms with van der Waals surface area (Å²) in [5, 5.41) is 11.7. The Morgan fingerprint density at radius 2 is 2.00 bits per heavy atom. The summed E-state index contributed by atoms with van der Waals surface area (Å²) in [6.45, 7) is 0. The summed E-state index contributed by atoms with van der Waals surface area (Å²) in [5.41, 5.74) is 5.10. The summed E-state index contributed by atoms with van der Waals surface area (Å²) in [6.07, 6.45) is 4.96. The minimum atomic E-state index is 1.05. The van der Waals surface area contributed by atoms with Gasteiger partial charge in [-0.15, -0.1) is 0 Å². The van der Waals surface area contributed by atoms with Crippen molar-refractivity contribution in [3.05, 3.63) is 28.8 Å². The van der Waals surface area contributed by atoms with Crippen LogP contribution in [0.4, 0.5) is 5.69 Å². The van der Waals surface area contributed by atoms with Crippen LogP contribution in [0.3, 0.4) is 0 Å². The molecule has 0 unspecified atom stereocenters. The SMILES string of the molecule is CN(C)c1ccc(/C=N\O)c2c1CCC2. The maximum Gasteiger partial charge on any atom is 0.0736 e. The van der Waals surface area contributed by atoms with Crippen LogP contribution in [0.25, 0.3) is 0 Å². The van der Waals surface area contributed by atoms with E-state index in [1.165, 1.54) is 29.4 Å². The lowest BCUT2D eigenvalue weighted by atomic mass is 10.0. The van der Waals surface area contributed by atoms with Gasteiger partial charge < -0.3 is 10.1 Å². The smallest absolute Gasteiger partial charge is 0.0736 e. The zero-order valence-corrected chi connectivity index (χ0v) is 9.20. The van der Waals surface area contributed by atoms with Gasteiger partial charge in [-0.25, -0.2) is 0 Å². The molecule has 0 spiro atoms.